The molecule has 1 amide bonds. The highest BCUT2D eigenvalue weighted by Crippen LogP contribution is 2.25. The minimum Gasteiger partial charge on any atom is -0.345 e. The van der Waals surface area contributed by atoms with E-state index in [9.17, 15) is 4.79 Å². The van der Waals surface area contributed by atoms with Gasteiger partial charge in [0.25, 0.3) is 0 Å². The molecule has 0 aliphatic carbocycles. The molecule has 1 aliphatic heterocycles. The van der Waals surface area contributed by atoms with E-state index >= 15 is 0 Å². The van der Waals surface area contributed by atoms with Crippen molar-refractivity contribution in [2.45, 2.75) is 31.8 Å². The second-order valence-electron chi connectivity index (χ2n) is 4.39. The van der Waals surface area contributed by atoms with Gasteiger partial charge in [0.1, 0.15) is 0 Å². The van der Waals surface area contributed by atoms with Crippen LogP contribution in [0.15, 0.2) is 17.5 Å². The van der Waals surface area contributed by atoms with Gasteiger partial charge in [-0.3, -0.25) is 4.79 Å². The van der Waals surface area contributed by atoms with Crippen LogP contribution in [0.4, 0.5) is 0 Å². The van der Waals surface area contributed by atoms with E-state index in [1.165, 1.54) is 4.88 Å². The number of hydrogen-bond donors (Lipinski definition) is 2. The number of thiophene rings is 1. The third kappa shape index (κ3) is 2.75. The van der Waals surface area contributed by atoms with Crippen LogP contribution >= 0.6 is 23.7 Å². The number of carbonyl (C=O) groups excluding carboxylic acids is 1. The largest absolute Gasteiger partial charge is 0.345 e. The molecule has 1 aromatic rings. The minimum atomic E-state index is -0.261. The lowest BCUT2D eigenvalue weighted by Gasteiger charge is -2.32. The lowest BCUT2D eigenvalue weighted by Crippen LogP contribution is -2.56. The van der Waals surface area contributed by atoms with Gasteiger partial charge in [-0.05, 0) is 38.3 Å². The standard InChI is InChI=1S/C11H16N2OS.ClH/c1-11(2,9-4-3-7-15-9)13-10(14)8-5-6-12-8;/h3-4,7-8,12H,5-6H2,1-2H3,(H,13,14);1H/t8-;/m1./s1. The molecule has 0 saturated carbocycles. The summed E-state index contributed by atoms with van der Waals surface area (Å²) >= 11 is 1.67. The van der Waals surface area contributed by atoms with E-state index in [2.05, 4.69) is 16.7 Å². The molecule has 2 N–H and O–H groups in total. The fraction of sp³-hybridized carbons (Fsp3) is 0.545. The minimum absolute atomic E-state index is 0. The Bertz CT molecular complexity index is 347. The Hall–Kier alpha value is -0.580. The number of hydrogen-bond acceptors (Lipinski definition) is 3. The molecule has 90 valence electrons. The van der Waals surface area contributed by atoms with Gasteiger partial charge in [0.15, 0.2) is 0 Å². The molecule has 0 unspecified atom stereocenters. The maximum absolute atomic E-state index is 11.8. The summed E-state index contributed by atoms with van der Waals surface area (Å²) in [6.07, 6.45) is 0.951. The van der Waals surface area contributed by atoms with E-state index in [-0.39, 0.29) is 29.9 Å². The summed E-state index contributed by atoms with van der Waals surface area (Å²) in [6, 6.07) is 4.08. The van der Waals surface area contributed by atoms with Crippen molar-refractivity contribution in [3.8, 4) is 0 Å². The smallest absolute Gasteiger partial charge is 0.237 e. The summed E-state index contributed by atoms with van der Waals surface area (Å²) < 4.78 is 0. The zero-order chi connectivity index (χ0) is 10.9. The first-order valence-electron chi connectivity index (χ1n) is 5.19. The van der Waals surface area contributed by atoms with Crippen molar-refractivity contribution in [1.82, 2.24) is 10.6 Å². The van der Waals surface area contributed by atoms with Crippen LogP contribution in [0.5, 0.6) is 0 Å². The zero-order valence-corrected chi connectivity index (χ0v) is 11.1. The van der Waals surface area contributed by atoms with Crippen LogP contribution < -0.4 is 10.6 Å². The molecular weight excluding hydrogens is 244 g/mol. The van der Waals surface area contributed by atoms with Crippen LogP contribution in [-0.4, -0.2) is 18.5 Å². The fourth-order valence-electron chi connectivity index (χ4n) is 1.60. The number of carbonyl (C=O) groups is 1. The summed E-state index contributed by atoms with van der Waals surface area (Å²) in [4.78, 5) is 13.0. The van der Waals surface area contributed by atoms with Gasteiger partial charge in [-0.25, -0.2) is 0 Å². The van der Waals surface area contributed by atoms with Crippen LogP contribution in [0.3, 0.4) is 0 Å². The number of rotatable bonds is 3. The van der Waals surface area contributed by atoms with E-state index < -0.39 is 0 Å². The third-order valence-electron chi connectivity index (χ3n) is 2.71. The lowest BCUT2D eigenvalue weighted by molar-refractivity contribution is -0.126. The highest BCUT2D eigenvalue weighted by Gasteiger charge is 2.30. The van der Waals surface area contributed by atoms with Crippen molar-refractivity contribution < 1.29 is 4.79 Å². The van der Waals surface area contributed by atoms with Gasteiger partial charge in [0, 0.05) is 4.88 Å². The molecule has 3 nitrogen and oxygen atoms in total. The first kappa shape index (κ1) is 13.5. The summed E-state index contributed by atoms with van der Waals surface area (Å²) in [5, 5.41) is 8.21. The Labute approximate surface area is 106 Å². The summed E-state index contributed by atoms with van der Waals surface area (Å²) in [5.74, 6) is 0.111. The lowest BCUT2D eigenvalue weighted by atomic mass is 10.0. The van der Waals surface area contributed by atoms with Crippen LogP contribution in [0, 0.1) is 0 Å². The average molecular weight is 261 g/mol. The molecule has 0 aromatic carbocycles. The molecule has 0 radical (unpaired) electrons. The molecule has 2 rings (SSSR count). The first-order valence-corrected chi connectivity index (χ1v) is 6.07. The van der Waals surface area contributed by atoms with Crippen LogP contribution in [0.1, 0.15) is 25.1 Å². The van der Waals surface area contributed by atoms with Gasteiger partial charge in [0.2, 0.25) is 5.91 Å². The molecule has 0 bridgehead atoms. The van der Waals surface area contributed by atoms with E-state index in [1.54, 1.807) is 11.3 Å². The predicted molar refractivity (Wildman–Crippen MR) is 69.1 cm³/mol. The van der Waals surface area contributed by atoms with E-state index in [4.69, 9.17) is 0 Å². The van der Waals surface area contributed by atoms with E-state index in [0.717, 1.165) is 13.0 Å². The Kier molecular flexibility index (Phi) is 4.35. The highest BCUT2D eigenvalue weighted by molar-refractivity contribution is 7.10. The van der Waals surface area contributed by atoms with Crippen molar-refractivity contribution in [3.05, 3.63) is 22.4 Å². The van der Waals surface area contributed by atoms with Crippen LogP contribution in [0.25, 0.3) is 0 Å². The zero-order valence-electron chi connectivity index (χ0n) is 9.45. The predicted octanol–water partition coefficient (Wildman–Crippen LogP) is 1.88. The molecule has 1 aliphatic rings. The molecule has 1 fully saturated rings. The molecule has 1 atom stereocenters. The van der Waals surface area contributed by atoms with Gasteiger partial charge < -0.3 is 10.6 Å². The second-order valence-corrected chi connectivity index (χ2v) is 5.33. The van der Waals surface area contributed by atoms with Gasteiger partial charge in [0.05, 0.1) is 11.6 Å². The van der Waals surface area contributed by atoms with Crippen molar-refractivity contribution in [2.75, 3.05) is 6.54 Å². The quantitative estimate of drug-likeness (QED) is 0.871. The summed E-state index contributed by atoms with van der Waals surface area (Å²) in [7, 11) is 0. The average Bonchev–Trinajstić information content (AvgIpc) is 2.49. The van der Waals surface area contributed by atoms with E-state index in [1.807, 2.05) is 25.3 Å². The van der Waals surface area contributed by atoms with Crippen LogP contribution in [-0.2, 0) is 10.3 Å². The topological polar surface area (TPSA) is 41.1 Å². The van der Waals surface area contributed by atoms with Gasteiger partial charge in [-0.2, -0.15) is 0 Å². The van der Waals surface area contributed by atoms with Crippen LogP contribution in [0.2, 0.25) is 0 Å². The molecule has 1 aromatic heterocycles. The maximum atomic E-state index is 11.8. The van der Waals surface area contributed by atoms with Crippen molar-refractivity contribution in [1.29, 1.82) is 0 Å². The number of amides is 1. The van der Waals surface area contributed by atoms with Crippen molar-refractivity contribution >= 4 is 29.7 Å². The van der Waals surface area contributed by atoms with Crippen molar-refractivity contribution in [2.24, 2.45) is 0 Å². The molecular formula is C11H17ClN2OS. The van der Waals surface area contributed by atoms with Gasteiger partial charge >= 0.3 is 0 Å². The van der Waals surface area contributed by atoms with Crippen molar-refractivity contribution in [3.63, 3.8) is 0 Å². The fourth-order valence-corrected chi connectivity index (χ4v) is 2.41. The summed E-state index contributed by atoms with van der Waals surface area (Å²) in [6.45, 7) is 5.03. The molecule has 5 heteroatoms. The molecule has 0 spiro atoms. The second kappa shape index (κ2) is 5.17. The molecule has 16 heavy (non-hydrogen) atoms. The molecule has 2 heterocycles. The Morgan fingerprint density at radius 1 is 1.62 bits per heavy atom. The maximum Gasteiger partial charge on any atom is 0.237 e. The monoisotopic (exact) mass is 260 g/mol. The Balaban J connectivity index is 0.00000128. The SMILES string of the molecule is CC(C)(NC(=O)[C@H]1CCN1)c1cccs1.Cl. The first-order chi connectivity index (χ1) is 7.09. The number of halogens is 1. The summed E-state index contributed by atoms with van der Waals surface area (Å²) in [5.41, 5.74) is -0.261. The third-order valence-corrected chi connectivity index (χ3v) is 3.91. The van der Waals surface area contributed by atoms with E-state index in [0.29, 0.717) is 0 Å². The highest BCUT2D eigenvalue weighted by atomic mass is 35.5. The normalized spacial score (nSPS) is 19.5. The molecule has 1 saturated heterocycles. The van der Waals surface area contributed by atoms with Gasteiger partial charge in [-0.1, -0.05) is 6.07 Å². The van der Waals surface area contributed by atoms with Gasteiger partial charge in [-0.15, -0.1) is 23.7 Å². The number of nitrogens with one attached hydrogen (secondary N) is 2. The Morgan fingerprint density at radius 3 is 2.75 bits per heavy atom. The Morgan fingerprint density at radius 2 is 2.31 bits per heavy atom.